The van der Waals surface area contributed by atoms with Crippen molar-refractivity contribution in [2.45, 2.75) is 19.3 Å². The molecule has 0 aliphatic rings. The molecule has 0 aromatic carbocycles. The van der Waals surface area contributed by atoms with Gasteiger partial charge in [0.25, 0.3) is 0 Å². The Morgan fingerprint density at radius 3 is 2.84 bits per heavy atom. The molecule has 0 saturated carbocycles. The van der Waals surface area contributed by atoms with Crippen molar-refractivity contribution in [1.29, 1.82) is 0 Å². The normalized spacial score (nSPS) is 9.63. The average molecular weight is 263 g/mol. The zero-order valence-corrected chi connectivity index (χ0v) is 10.1. The fourth-order valence-electron chi connectivity index (χ4n) is 1.41. The zero-order valence-electron chi connectivity index (χ0n) is 10.1. The molecule has 19 heavy (non-hydrogen) atoms. The lowest BCUT2D eigenvalue weighted by Gasteiger charge is -2.06. The SMILES string of the molecule is C#CCCCCNc1nc(C(=O)O)ccc1[N+](=O)[O-]. The number of hydrogen-bond donors (Lipinski definition) is 2. The van der Waals surface area contributed by atoms with Gasteiger partial charge >= 0.3 is 11.7 Å². The first-order chi connectivity index (χ1) is 9.06. The standard InChI is InChI=1S/C12H13N3O4/c1-2-3-4-5-8-13-11-10(15(18)19)7-6-9(14-11)12(16)17/h1,6-7H,3-5,8H2,(H,13,14)(H,16,17). The first-order valence-electron chi connectivity index (χ1n) is 5.62. The Bertz CT molecular complexity index is 522. The van der Waals surface area contributed by atoms with Gasteiger partial charge in [0.15, 0.2) is 5.69 Å². The second kappa shape index (κ2) is 6.96. The van der Waals surface area contributed by atoms with Gasteiger partial charge in [0.1, 0.15) is 0 Å². The Labute approximate surface area is 109 Å². The van der Waals surface area contributed by atoms with Crippen LogP contribution in [0.25, 0.3) is 0 Å². The van der Waals surface area contributed by atoms with Crippen molar-refractivity contribution < 1.29 is 14.8 Å². The van der Waals surface area contributed by atoms with Gasteiger partial charge in [-0.2, -0.15) is 0 Å². The molecular weight excluding hydrogens is 250 g/mol. The summed E-state index contributed by atoms with van der Waals surface area (Å²) in [5.41, 5.74) is -0.487. The molecule has 2 N–H and O–H groups in total. The van der Waals surface area contributed by atoms with Crippen LogP contribution >= 0.6 is 0 Å². The van der Waals surface area contributed by atoms with Crippen LogP contribution in [0.15, 0.2) is 12.1 Å². The van der Waals surface area contributed by atoms with E-state index in [2.05, 4.69) is 16.2 Å². The molecule has 0 saturated heterocycles. The third-order valence-corrected chi connectivity index (χ3v) is 2.33. The number of anilines is 1. The topological polar surface area (TPSA) is 105 Å². The van der Waals surface area contributed by atoms with Crippen LogP contribution in [0.3, 0.4) is 0 Å². The van der Waals surface area contributed by atoms with Gasteiger partial charge in [-0.1, -0.05) is 0 Å². The van der Waals surface area contributed by atoms with Gasteiger partial charge in [-0.25, -0.2) is 9.78 Å². The van der Waals surface area contributed by atoms with Crippen molar-refractivity contribution in [1.82, 2.24) is 4.98 Å². The second-order valence-electron chi connectivity index (χ2n) is 3.71. The largest absolute Gasteiger partial charge is 0.477 e. The summed E-state index contributed by atoms with van der Waals surface area (Å²) in [6.07, 6.45) is 7.24. The van der Waals surface area contributed by atoms with Crippen molar-refractivity contribution in [2.24, 2.45) is 0 Å². The summed E-state index contributed by atoms with van der Waals surface area (Å²) in [6.45, 7) is 0.443. The molecule has 1 aromatic rings. The zero-order chi connectivity index (χ0) is 14.3. The molecule has 100 valence electrons. The van der Waals surface area contributed by atoms with E-state index in [-0.39, 0.29) is 17.2 Å². The molecule has 0 amide bonds. The number of carboxylic acids is 1. The second-order valence-corrected chi connectivity index (χ2v) is 3.71. The van der Waals surface area contributed by atoms with Gasteiger partial charge in [0.2, 0.25) is 5.82 Å². The number of rotatable bonds is 7. The molecule has 1 rings (SSSR count). The quantitative estimate of drug-likeness (QED) is 0.337. The monoisotopic (exact) mass is 263 g/mol. The third kappa shape index (κ3) is 4.27. The molecule has 0 radical (unpaired) electrons. The summed E-state index contributed by atoms with van der Waals surface area (Å²) in [4.78, 5) is 24.7. The summed E-state index contributed by atoms with van der Waals surface area (Å²) in [5, 5.41) is 22.4. The number of pyridine rings is 1. The maximum absolute atomic E-state index is 10.8. The van der Waals surface area contributed by atoms with E-state index in [1.165, 1.54) is 0 Å². The Morgan fingerprint density at radius 1 is 1.53 bits per heavy atom. The Balaban J connectivity index is 2.78. The average Bonchev–Trinajstić information content (AvgIpc) is 2.38. The van der Waals surface area contributed by atoms with Gasteiger partial charge in [-0.15, -0.1) is 12.3 Å². The maximum atomic E-state index is 10.8. The van der Waals surface area contributed by atoms with Crippen LogP contribution < -0.4 is 5.32 Å². The summed E-state index contributed by atoms with van der Waals surface area (Å²) in [5.74, 6) is 1.22. The number of aromatic carboxylic acids is 1. The fraction of sp³-hybridized carbons (Fsp3) is 0.333. The lowest BCUT2D eigenvalue weighted by atomic mass is 10.2. The van der Waals surface area contributed by atoms with Crippen molar-refractivity contribution in [3.05, 3.63) is 27.9 Å². The van der Waals surface area contributed by atoms with Gasteiger partial charge in [0, 0.05) is 19.0 Å². The number of nitro groups is 1. The van der Waals surface area contributed by atoms with Crippen LogP contribution in [0.4, 0.5) is 11.5 Å². The minimum absolute atomic E-state index is 0.0365. The molecule has 0 aliphatic carbocycles. The molecule has 0 atom stereocenters. The minimum atomic E-state index is -1.23. The number of nitrogens with one attached hydrogen (secondary N) is 1. The number of carbonyl (C=O) groups is 1. The van der Waals surface area contributed by atoms with E-state index in [1.807, 2.05) is 0 Å². The number of carboxylic acid groups (broad SMARTS) is 1. The van der Waals surface area contributed by atoms with E-state index in [0.717, 1.165) is 25.0 Å². The number of terminal acetylenes is 1. The number of unbranched alkanes of at least 4 members (excludes halogenated alkanes) is 2. The van der Waals surface area contributed by atoms with Crippen LogP contribution in [0.5, 0.6) is 0 Å². The van der Waals surface area contributed by atoms with Crippen molar-refractivity contribution in [2.75, 3.05) is 11.9 Å². The molecule has 0 aliphatic heterocycles. The minimum Gasteiger partial charge on any atom is -0.477 e. The van der Waals surface area contributed by atoms with E-state index in [9.17, 15) is 14.9 Å². The molecule has 1 heterocycles. The molecule has 7 heteroatoms. The van der Waals surface area contributed by atoms with E-state index >= 15 is 0 Å². The molecule has 0 fully saturated rings. The third-order valence-electron chi connectivity index (χ3n) is 2.33. The highest BCUT2D eigenvalue weighted by Gasteiger charge is 2.17. The highest BCUT2D eigenvalue weighted by atomic mass is 16.6. The van der Waals surface area contributed by atoms with E-state index in [1.54, 1.807) is 0 Å². The summed E-state index contributed by atoms with van der Waals surface area (Å²) >= 11 is 0. The summed E-state index contributed by atoms with van der Waals surface area (Å²) in [6, 6.07) is 2.23. The van der Waals surface area contributed by atoms with E-state index < -0.39 is 10.9 Å². The fourth-order valence-corrected chi connectivity index (χ4v) is 1.41. The van der Waals surface area contributed by atoms with Gasteiger partial charge < -0.3 is 10.4 Å². The number of aromatic nitrogens is 1. The number of hydrogen-bond acceptors (Lipinski definition) is 5. The molecule has 1 aromatic heterocycles. The van der Waals surface area contributed by atoms with E-state index in [4.69, 9.17) is 11.5 Å². The van der Waals surface area contributed by atoms with Crippen LogP contribution in [0.1, 0.15) is 29.8 Å². The molecular formula is C12H13N3O4. The summed E-state index contributed by atoms with van der Waals surface area (Å²) < 4.78 is 0. The van der Waals surface area contributed by atoms with Gasteiger partial charge in [-0.3, -0.25) is 10.1 Å². The highest BCUT2D eigenvalue weighted by Crippen LogP contribution is 2.22. The molecule has 0 bridgehead atoms. The predicted molar refractivity (Wildman–Crippen MR) is 69.0 cm³/mol. The van der Waals surface area contributed by atoms with Gasteiger partial charge in [-0.05, 0) is 18.9 Å². The maximum Gasteiger partial charge on any atom is 0.354 e. The van der Waals surface area contributed by atoms with Crippen molar-refractivity contribution in [3.8, 4) is 12.3 Å². The Kier molecular flexibility index (Phi) is 5.29. The molecule has 0 unspecified atom stereocenters. The van der Waals surface area contributed by atoms with Crippen LogP contribution in [0, 0.1) is 22.5 Å². The lowest BCUT2D eigenvalue weighted by molar-refractivity contribution is -0.384. The van der Waals surface area contributed by atoms with E-state index in [0.29, 0.717) is 13.0 Å². The van der Waals surface area contributed by atoms with Gasteiger partial charge in [0.05, 0.1) is 4.92 Å². The highest BCUT2D eigenvalue weighted by molar-refractivity contribution is 5.86. The van der Waals surface area contributed by atoms with Crippen molar-refractivity contribution in [3.63, 3.8) is 0 Å². The first-order valence-corrected chi connectivity index (χ1v) is 5.62. The predicted octanol–water partition coefficient (Wildman–Crippen LogP) is 1.90. The smallest absolute Gasteiger partial charge is 0.354 e. The van der Waals surface area contributed by atoms with Crippen molar-refractivity contribution >= 4 is 17.5 Å². The Hall–Kier alpha value is -2.62. The number of nitrogens with zero attached hydrogens (tertiary/aromatic N) is 2. The lowest BCUT2D eigenvalue weighted by Crippen LogP contribution is -2.09. The summed E-state index contributed by atoms with van der Waals surface area (Å²) in [7, 11) is 0. The van der Waals surface area contributed by atoms with Crippen LogP contribution in [-0.4, -0.2) is 27.5 Å². The van der Waals surface area contributed by atoms with Crippen LogP contribution in [-0.2, 0) is 0 Å². The van der Waals surface area contributed by atoms with Crippen LogP contribution in [0.2, 0.25) is 0 Å². The Morgan fingerprint density at radius 2 is 2.26 bits per heavy atom. The molecule has 7 nitrogen and oxygen atoms in total. The molecule has 0 spiro atoms. The first kappa shape index (κ1) is 14.4.